The van der Waals surface area contributed by atoms with Gasteiger partial charge in [-0.05, 0) is 48.9 Å². The summed E-state index contributed by atoms with van der Waals surface area (Å²) in [5.41, 5.74) is 2.63. The normalized spacial score (nSPS) is 10.5. The summed E-state index contributed by atoms with van der Waals surface area (Å²) >= 11 is 1.13. The molecule has 172 valence electrons. The first-order valence-electron chi connectivity index (χ1n) is 10.5. The maximum Gasteiger partial charge on any atom is 0.277 e. The van der Waals surface area contributed by atoms with Crippen LogP contribution in [0.2, 0.25) is 0 Å². The van der Waals surface area contributed by atoms with Crippen LogP contribution in [-0.4, -0.2) is 27.8 Å². The van der Waals surface area contributed by atoms with Crippen molar-refractivity contribution in [1.29, 1.82) is 0 Å². The molecule has 0 radical (unpaired) electrons. The van der Waals surface area contributed by atoms with E-state index in [2.05, 4.69) is 20.8 Å². The SMILES string of the molecule is Cc1ccc(NC(=O)CSc2nnc(COc3ccccc3)o2)cc1NC(=O)c1ccccc1. The lowest BCUT2D eigenvalue weighted by atomic mass is 10.1. The largest absolute Gasteiger partial charge is 0.484 e. The molecule has 0 aliphatic carbocycles. The molecule has 0 saturated carbocycles. The van der Waals surface area contributed by atoms with E-state index < -0.39 is 0 Å². The quantitative estimate of drug-likeness (QED) is 0.331. The molecule has 0 aliphatic heterocycles. The average Bonchev–Trinajstić information content (AvgIpc) is 3.32. The highest BCUT2D eigenvalue weighted by molar-refractivity contribution is 7.99. The number of rotatable bonds is 9. The second-order valence-electron chi connectivity index (χ2n) is 7.25. The predicted octanol–water partition coefficient (Wildman–Crippen LogP) is 4.94. The summed E-state index contributed by atoms with van der Waals surface area (Å²) in [5.74, 6) is 0.650. The fraction of sp³-hybridized carbons (Fsp3) is 0.120. The Hall–Kier alpha value is -4.11. The molecule has 0 spiro atoms. The van der Waals surface area contributed by atoms with Crippen LogP contribution in [0.5, 0.6) is 5.75 Å². The number of amides is 2. The molecular weight excluding hydrogens is 452 g/mol. The third-order valence-electron chi connectivity index (χ3n) is 4.69. The molecule has 0 atom stereocenters. The van der Waals surface area contributed by atoms with Gasteiger partial charge in [-0.15, -0.1) is 10.2 Å². The van der Waals surface area contributed by atoms with E-state index in [0.29, 0.717) is 28.6 Å². The van der Waals surface area contributed by atoms with E-state index in [1.54, 1.807) is 36.4 Å². The van der Waals surface area contributed by atoms with Crippen LogP contribution in [0.15, 0.2) is 88.5 Å². The van der Waals surface area contributed by atoms with Gasteiger partial charge in [0.05, 0.1) is 5.75 Å². The summed E-state index contributed by atoms with van der Waals surface area (Å²) in [4.78, 5) is 24.9. The number of carbonyl (C=O) groups excluding carboxylic acids is 2. The molecule has 0 saturated heterocycles. The molecule has 0 fully saturated rings. The summed E-state index contributed by atoms with van der Waals surface area (Å²) in [6, 6.07) is 23.6. The van der Waals surface area contributed by atoms with Gasteiger partial charge < -0.3 is 19.8 Å². The van der Waals surface area contributed by atoms with Gasteiger partial charge in [-0.1, -0.05) is 54.2 Å². The second kappa shape index (κ2) is 11.2. The monoisotopic (exact) mass is 474 g/mol. The molecule has 3 aromatic carbocycles. The lowest BCUT2D eigenvalue weighted by Crippen LogP contribution is -2.15. The van der Waals surface area contributed by atoms with E-state index >= 15 is 0 Å². The third kappa shape index (κ3) is 6.46. The number of nitrogens with one attached hydrogen (secondary N) is 2. The number of ether oxygens (including phenoxy) is 1. The van der Waals surface area contributed by atoms with Crippen LogP contribution >= 0.6 is 11.8 Å². The third-order valence-corrected chi connectivity index (χ3v) is 5.50. The van der Waals surface area contributed by atoms with Gasteiger partial charge in [-0.2, -0.15) is 0 Å². The first-order chi connectivity index (χ1) is 16.6. The van der Waals surface area contributed by atoms with Gasteiger partial charge in [-0.3, -0.25) is 9.59 Å². The Kier molecular flexibility index (Phi) is 7.56. The number of carbonyl (C=O) groups is 2. The molecule has 9 heteroatoms. The zero-order valence-electron chi connectivity index (χ0n) is 18.4. The lowest BCUT2D eigenvalue weighted by molar-refractivity contribution is -0.113. The van der Waals surface area contributed by atoms with Crippen molar-refractivity contribution in [2.45, 2.75) is 18.8 Å². The van der Waals surface area contributed by atoms with Crippen LogP contribution in [-0.2, 0) is 11.4 Å². The van der Waals surface area contributed by atoms with Crippen LogP contribution in [0.25, 0.3) is 0 Å². The molecule has 2 N–H and O–H groups in total. The number of hydrogen-bond donors (Lipinski definition) is 2. The molecule has 34 heavy (non-hydrogen) atoms. The van der Waals surface area contributed by atoms with Crippen molar-refractivity contribution >= 4 is 35.0 Å². The molecule has 0 bridgehead atoms. The highest BCUT2D eigenvalue weighted by Crippen LogP contribution is 2.22. The molecule has 2 amide bonds. The van der Waals surface area contributed by atoms with Gasteiger partial charge in [0.2, 0.25) is 5.91 Å². The minimum atomic E-state index is -0.241. The molecule has 4 aromatic rings. The Morgan fingerprint density at radius 2 is 1.68 bits per heavy atom. The zero-order chi connectivity index (χ0) is 23.8. The summed E-state index contributed by atoms with van der Waals surface area (Å²) in [5, 5.41) is 13.8. The molecule has 1 heterocycles. The fourth-order valence-electron chi connectivity index (χ4n) is 2.96. The van der Waals surface area contributed by atoms with E-state index in [1.165, 1.54) is 0 Å². The van der Waals surface area contributed by atoms with E-state index in [4.69, 9.17) is 9.15 Å². The number of para-hydroxylation sites is 1. The van der Waals surface area contributed by atoms with Crippen molar-refractivity contribution in [2.75, 3.05) is 16.4 Å². The van der Waals surface area contributed by atoms with E-state index in [0.717, 1.165) is 17.3 Å². The summed E-state index contributed by atoms with van der Waals surface area (Å²) < 4.78 is 11.1. The van der Waals surface area contributed by atoms with Gasteiger partial charge in [0.1, 0.15) is 5.75 Å². The summed E-state index contributed by atoms with van der Waals surface area (Å²) in [7, 11) is 0. The van der Waals surface area contributed by atoms with Gasteiger partial charge in [0.15, 0.2) is 6.61 Å². The maximum absolute atomic E-state index is 12.5. The van der Waals surface area contributed by atoms with Crippen LogP contribution < -0.4 is 15.4 Å². The van der Waals surface area contributed by atoms with Gasteiger partial charge in [0, 0.05) is 16.9 Å². The Morgan fingerprint density at radius 1 is 0.941 bits per heavy atom. The lowest BCUT2D eigenvalue weighted by Gasteiger charge is -2.11. The van der Waals surface area contributed by atoms with Crippen LogP contribution in [0.3, 0.4) is 0 Å². The van der Waals surface area contributed by atoms with Gasteiger partial charge in [0.25, 0.3) is 17.0 Å². The number of aromatic nitrogens is 2. The second-order valence-corrected chi connectivity index (χ2v) is 8.18. The number of hydrogen-bond acceptors (Lipinski definition) is 7. The highest BCUT2D eigenvalue weighted by atomic mass is 32.2. The first-order valence-corrected chi connectivity index (χ1v) is 11.5. The number of benzene rings is 3. The Morgan fingerprint density at radius 3 is 2.44 bits per heavy atom. The summed E-state index contributed by atoms with van der Waals surface area (Å²) in [6.45, 7) is 2.03. The van der Waals surface area contributed by atoms with Crippen LogP contribution in [0, 0.1) is 6.92 Å². The highest BCUT2D eigenvalue weighted by Gasteiger charge is 2.12. The first kappa shape index (κ1) is 23.1. The molecule has 1 aromatic heterocycles. The molecule has 0 aliphatic rings. The number of anilines is 2. The number of thioether (sulfide) groups is 1. The molecule has 4 rings (SSSR count). The van der Waals surface area contributed by atoms with E-state index in [9.17, 15) is 9.59 Å². The summed E-state index contributed by atoms with van der Waals surface area (Å²) in [6.07, 6.45) is 0. The van der Waals surface area contributed by atoms with Crippen molar-refractivity contribution in [2.24, 2.45) is 0 Å². The Labute approximate surface area is 200 Å². The number of nitrogens with zero attached hydrogens (tertiary/aromatic N) is 2. The van der Waals surface area contributed by atoms with Crippen molar-refractivity contribution in [3.8, 4) is 5.75 Å². The van der Waals surface area contributed by atoms with E-state index in [1.807, 2.05) is 49.4 Å². The van der Waals surface area contributed by atoms with Crippen molar-refractivity contribution in [3.63, 3.8) is 0 Å². The minimum Gasteiger partial charge on any atom is -0.484 e. The standard InChI is InChI=1S/C25H22N4O4S/c1-17-12-13-19(14-21(17)27-24(31)18-8-4-2-5-9-18)26-22(30)16-34-25-29-28-23(33-25)15-32-20-10-6-3-7-11-20/h2-14H,15-16H2,1H3,(H,26,30)(H,27,31). The van der Waals surface area contributed by atoms with Gasteiger partial charge >= 0.3 is 0 Å². The van der Waals surface area contributed by atoms with Crippen molar-refractivity contribution < 1.29 is 18.7 Å². The molecular formula is C25H22N4O4S. The Balaban J connectivity index is 1.28. The van der Waals surface area contributed by atoms with Gasteiger partial charge in [-0.25, -0.2) is 0 Å². The van der Waals surface area contributed by atoms with Crippen LogP contribution in [0.1, 0.15) is 21.8 Å². The topological polar surface area (TPSA) is 106 Å². The molecule has 8 nitrogen and oxygen atoms in total. The van der Waals surface area contributed by atoms with Crippen molar-refractivity contribution in [3.05, 3.63) is 95.9 Å². The van der Waals surface area contributed by atoms with Crippen LogP contribution in [0.4, 0.5) is 11.4 Å². The Bertz CT molecular complexity index is 1260. The zero-order valence-corrected chi connectivity index (χ0v) is 19.2. The van der Waals surface area contributed by atoms with Crippen molar-refractivity contribution in [1.82, 2.24) is 10.2 Å². The smallest absolute Gasteiger partial charge is 0.277 e. The minimum absolute atomic E-state index is 0.0841. The molecule has 0 unspecified atom stereocenters. The number of aryl methyl sites for hydroxylation is 1. The van der Waals surface area contributed by atoms with E-state index in [-0.39, 0.29) is 29.4 Å². The maximum atomic E-state index is 12.5. The fourth-order valence-corrected chi connectivity index (χ4v) is 3.54. The predicted molar refractivity (Wildman–Crippen MR) is 130 cm³/mol. The average molecular weight is 475 g/mol.